The van der Waals surface area contributed by atoms with Gasteiger partial charge in [-0.1, -0.05) is 51.9 Å². The van der Waals surface area contributed by atoms with Crippen molar-refractivity contribution in [3.05, 3.63) is 0 Å². The van der Waals surface area contributed by atoms with Crippen LogP contribution in [-0.2, 0) is 9.53 Å². The molecule has 1 N–H and O–H groups in total. The molecule has 1 atom stereocenters. The number of hydrogen-bond donors (Lipinski definition) is 1. The van der Waals surface area contributed by atoms with Crippen molar-refractivity contribution in [3.8, 4) is 0 Å². The van der Waals surface area contributed by atoms with Crippen LogP contribution in [-0.4, -0.2) is 23.8 Å². The van der Waals surface area contributed by atoms with Crippen LogP contribution in [0, 0.1) is 0 Å². The van der Waals surface area contributed by atoms with E-state index in [4.69, 9.17) is 9.84 Å². The van der Waals surface area contributed by atoms with Crippen molar-refractivity contribution in [1.29, 1.82) is 0 Å². The lowest BCUT2D eigenvalue weighted by Crippen LogP contribution is -2.23. The van der Waals surface area contributed by atoms with Crippen LogP contribution in [0.15, 0.2) is 0 Å². The van der Waals surface area contributed by atoms with Crippen LogP contribution in [0.4, 0.5) is 0 Å². The molecule has 0 rings (SSSR count). The zero-order chi connectivity index (χ0) is 12.2. The molecule has 0 aliphatic heterocycles. The molecule has 0 radical (unpaired) electrons. The summed E-state index contributed by atoms with van der Waals surface area (Å²) in [6.07, 6.45) is 8.53. The largest absolute Gasteiger partial charge is 0.479 e. The number of aliphatic carboxylic acids is 1. The summed E-state index contributed by atoms with van der Waals surface area (Å²) in [7, 11) is 0. The number of ether oxygens (including phenoxy) is 1. The highest BCUT2D eigenvalue weighted by Crippen LogP contribution is 2.11. The van der Waals surface area contributed by atoms with Crippen LogP contribution in [0.3, 0.4) is 0 Å². The van der Waals surface area contributed by atoms with E-state index in [0.717, 1.165) is 12.8 Å². The number of carboxylic acids is 1. The van der Waals surface area contributed by atoms with Gasteiger partial charge in [-0.3, -0.25) is 0 Å². The predicted molar refractivity (Wildman–Crippen MR) is 65.7 cm³/mol. The van der Waals surface area contributed by atoms with Gasteiger partial charge in [0.15, 0.2) is 6.10 Å². The Morgan fingerprint density at radius 2 is 1.62 bits per heavy atom. The van der Waals surface area contributed by atoms with Gasteiger partial charge in [0.05, 0.1) is 0 Å². The zero-order valence-electron chi connectivity index (χ0n) is 10.7. The van der Waals surface area contributed by atoms with Crippen molar-refractivity contribution in [2.75, 3.05) is 6.61 Å². The molecular formula is C13H26O3. The molecule has 0 aromatic rings. The normalized spacial score (nSPS) is 12.6. The Morgan fingerprint density at radius 3 is 2.12 bits per heavy atom. The summed E-state index contributed by atoms with van der Waals surface area (Å²) in [5.74, 6) is -0.826. The molecule has 0 spiro atoms. The SMILES string of the molecule is CCCCCCCCCC(OCC)C(=O)O. The molecule has 0 saturated carbocycles. The lowest BCUT2D eigenvalue weighted by molar-refractivity contribution is -0.150. The van der Waals surface area contributed by atoms with E-state index in [1.807, 2.05) is 6.92 Å². The van der Waals surface area contributed by atoms with E-state index in [-0.39, 0.29) is 0 Å². The van der Waals surface area contributed by atoms with Crippen LogP contribution < -0.4 is 0 Å². The molecule has 96 valence electrons. The highest BCUT2D eigenvalue weighted by molar-refractivity contribution is 5.72. The van der Waals surface area contributed by atoms with E-state index < -0.39 is 12.1 Å². The van der Waals surface area contributed by atoms with Crippen molar-refractivity contribution in [1.82, 2.24) is 0 Å². The number of rotatable bonds is 11. The van der Waals surface area contributed by atoms with Crippen molar-refractivity contribution >= 4 is 5.97 Å². The van der Waals surface area contributed by atoms with Crippen molar-refractivity contribution in [3.63, 3.8) is 0 Å². The van der Waals surface area contributed by atoms with Crippen LogP contribution in [0.1, 0.15) is 65.2 Å². The zero-order valence-corrected chi connectivity index (χ0v) is 10.7. The van der Waals surface area contributed by atoms with Crippen LogP contribution in [0.2, 0.25) is 0 Å². The van der Waals surface area contributed by atoms with Crippen LogP contribution in [0.25, 0.3) is 0 Å². The fourth-order valence-corrected chi connectivity index (χ4v) is 1.77. The van der Waals surface area contributed by atoms with Crippen LogP contribution in [0.5, 0.6) is 0 Å². The van der Waals surface area contributed by atoms with Crippen molar-refractivity contribution < 1.29 is 14.6 Å². The molecular weight excluding hydrogens is 204 g/mol. The Kier molecular flexibility index (Phi) is 10.5. The molecule has 0 heterocycles. The van der Waals surface area contributed by atoms with Gasteiger partial charge in [0.25, 0.3) is 0 Å². The van der Waals surface area contributed by atoms with E-state index in [9.17, 15) is 4.79 Å². The molecule has 0 aromatic heterocycles. The van der Waals surface area contributed by atoms with Crippen molar-refractivity contribution in [2.45, 2.75) is 71.3 Å². The second-order valence-corrected chi connectivity index (χ2v) is 4.19. The summed E-state index contributed by atoms with van der Waals surface area (Å²) in [6.45, 7) is 4.52. The third-order valence-electron chi connectivity index (χ3n) is 2.71. The Bertz CT molecular complexity index is 169. The minimum Gasteiger partial charge on any atom is -0.479 e. The first-order valence-electron chi connectivity index (χ1n) is 6.56. The Labute approximate surface area is 99.2 Å². The summed E-state index contributed by atoms with van der Waals surface area (Å²) < 4.78 is 5.15. The first-order chi connectivity index (χ1) is 7.72. The highest BCUT2D eigenvalue weighted by atomic mass is 16.5. The third-order valence-corrected chi connectivity index (χ3v) is 2.71. The van der Waals surface area contributed by atoms with Gasteiger partial charge in [0, 0.05) is 6.61 Å². The molecule has 0 aliphatic carbocycles. The quantitative estimate of drug-likeness (QED) is 0.551. The maximum atomic E-state index is 10.8. The lowest BCUT2D eigenvalue weighted by atomic mass is 10.1. The second kappa shape index (κ2) is 10.9. The van der Waals surface area contributed by atoms with Gasteiger partial charge >= 0.3 is 5.97 Å². The molecule has 0 aliphatic rings. The Balaban J connectivity index is 3.37. The summed E-state index contributed by atoms with van der Waals surface area (Å²) in [5.41, 5.74) is 0. The van der Waals surface area contributed by atoms with E-state index in [1.54, 1.807) is 0 Å². The number of hydrogen-bond acceptors (Lipinski definition) is 2. The molecule has 3 nitrogen and oxygen atoms in total. The smallest absolute Gasteiger partial charge is 0.332 e. The summed E-state index contributed by atoms with van der Waals surface area (Å²) in [6, 6.07) is 0. The molecule has 16 heavy (non-hydrogen) atoms. The minimum absolute atomic E-state index is 0.480. The second-order valence-electron chi connectivity index (χ2n) is 4.19. The Morgan fingerprint density at radius 1 is 1.06 bits per heavy atom. The molecule has 0 amide bonds. The van der Waals surface area contributed by atoms with Gasteiger partial charge < -0.3 is 9.84 Å². The average Bonchev–Trinajstić information content (AvgIpc) is 2.26. The maximum absolute atomic E-state index is 10.8. The van der Waals surface area contributed by atoms with Gasteiger partial charge in [-0.25, -0.2) is 4.79 Å². The molecule has 1 unspecified atom stereocenters. The fraction of sp³-hybridized carbons (Fsp3) is 0.923. The first-order valence-corrected chi connectivity index (χ1v) is 6.56. The van der Waals surface area contributed by atoms with Crippen LogP contribution >= 0.6 is 0 Å². The van der Waals surface area contributed by atoms with Gasteiger partial charge in [-0.2, -0.15) is 0 Å². The number of unbranched alkanes of at least 4 members (excludes halogenated alkanes) is 6. The third kappa shape index (κ3) is 8.72. The summed E-state index contributed by atoms with van der Waals surface area (Å²) in [5, 5.41) is 8.85. The average molecular weight is 230 g/mol. The highest BCUT2D eigenvalue weighted by Gasteiger charge is 2.15. The van der Waals surface area contributed by atoms with Gasteiger partial charge in [0.1, 0.15) is 0 Å². The van der Waals surface area contributed by atoms with E-state index in [2.05, 4.69) is 6.92 Å². The molecule has 0 bridgehead atoms. The Hall–Kier alpha value is -0.570. The number of carboxylic acid groups (broad SMARTS) is 1. The monoisotopic (exact) mass is 230 g/mol. The topological polar surface area (TPSA) is 46.5 Å². The van der Waals surface area contributed by atoms with E-state index >= 15 is 0 Å². The molecule has 0 aromatic carbocycles. The summed E-state index contributed by atoms with van der Waals surface area (Å²) in [4.78, 5) is 10.8. The maximum Gasteiger partial charge on any atom is 0.332 e. The van der Waals surface area contributed by atoms with Gasteiger partial charge in [-0.05, 0) is 13.3 Å². The molecule has 3 heteroatoms. The minimum atomic E-state index is -0.826. The van der Waals surface area contributed by atoms with Gasteiger partial charge in [-0.15, -0.1) is 0 Å². The molecule has 0 saturated heterocycles. The first kappa shape index (κ1) is 15.4. The number of carbonyl (C=O) groups is 1. The fourth-order valence-electron chi connectivity index (χ4n) is 1.77. The lowest BCUT2D eigenvalue weighted by Gasteiger charge is -2.11. The van der Waals surface area contributed by atoms with Crippen molar-refractivity contribution in [2.24, 2.45) is 0 Å². The van der Waals surface area contributed by atoms with Gasteiger partial charge in [0.2, 0.25) is 0 Å². The standard InChI is InChI=1S/C13H26O3/c1-3-5-6-7-8-9-10-11-12(13(14)15)16-4-2/h12H,3-11H2,1-2H3,(H,14,15). The molecule has 0 fully saturated rings. The van der Waals surface area contributed by atoms with E-state index in [0.29, 0.717) is 13.0 Å². The predicted octanol–water partition coefficient (Wildman–Crippen LogP) is 3.62. The summed E-state index contributed by atoms with van der Waals surface area (Å²) >= 11 is 0. The van der Waals surface area contributed by atoms with E-state index in [1.165, 1.54) is 32.1 Å².